The summed E-state index contributed by atoms with van der Waals surface area (Å²) in [5.41, 5.74) is 0.681. The normalized spacial score (nSPS) is 11.8. The van der Waals surface area contributed by atoms with E-state index in [9.17, 15) is 0 Å². The Kier molecular flexibility index (Phi) is 2.97. The summed E-state index contributed by atoms with van der Waals surface area (Å²) in [4.78, 5) is 0. The van der Waals surface area contributed by atoms with Crippen LogP contribution in [0.25, 0.3) is 10.8 Å². The molecule has 0 heterocycles. The summed E-state index contributed by atoms with van der Waals surface area (Å²) in [5, 5.41) is 13.6. The summed E-state index contributed by atoms with van der Waals surface area (Å²) < 4.78 is 5.25. The van der Waals surface area contributed by atoms with Gasteiger partial charge in [0.15, 0.2) is 5.17 Å². The van der Waals surface area contributed by atoms with Crippen LogP contribution >= 0.6 is 11.6 Å². The minimum Gasteiger partial charge on any atom is -0.496 e. The largest absolute Gasteiger partial charge is 0.496 e. The monoisotopic (exact) mass is 235 g/mol. The van der Waals surface area contributed by atoms with Gasteiger partial charge >= 0.3 is 0 Å². The van der Waals surface area contributed by atoms with Crippen LogP contribution in [0, 0.1) is 0 Å². The molecule has 0 unspecified atom stereocenters. The number of halogens is 1. The molecule has 2 aromatic carbocycles. The van der Waals surface area contributed by atoms with Crippen molar-refractivity contribution in [2.75, 3.05) is 7.11 Å². The van der Waals surface area contributed by atoms with E-state index in [2.05, 4.69) is 5.16 Å². The van der Waals surface area contributed by atoms with Gasteiger partial charge in [-0.25, -0.2) is 0 Å². The molecular formula is C12H10ClNO2. The molecule has 82 valence electrons. The number of fused-ring (bicyclic) bond motifs is 1. The van der Waals surface area contributed by atoms with Gasteiger partial charge < -0.3 is 9.94 Å². The molecule has 16 heavy (non-hydrogen) atoms. The molecule has 0 amide bonds. The standard InChI is InChI=1S/C12H10ClNO2/c1-16-11-7-6-10(12(13)14-15)8-4-2-3-5-9(8)11/h2-7,15H,1H3/b14-12-. The molecule has 0 aliphatic heterocycles. The number of methoxy groups -OCH3 is 1. The van der Waals surface area contributed by atoms with Crippen LogP contribution in [0.1, 0.15) is 5.56 Å². The second-order valence-electron chi connectivity index (χ2n) is 3.25. The first-order chi connectivity index (χ1) is 7.77. The second-order valence-corrected chi connectivity index (χ2v) is 3.61. The molecule has 0 aliphatic rings. The topological polar surface area (TPSA) is 41.8 Å². The molecule has 0 radical (unpaired) electrons. The predicted molar refractivity (Wildman–Crippen MR) is 64.7 cm³/mol. The maximum atomic E-state index is 8.70. The van der Waals surface area contributed by atoms with Gasteiger partial charge in [-0.2, -0.15) is 0 Å². The van der Waals surface area contributed by atoms with E-state index >= 15 is 0 Å². The molecule has 0 bridgehead atoms. The van der Waals surface area contributed by atoms with Crippen LogP contribution in [0.15, 0.2) is 41.6 Å². The Morgan fingerprint density at radius 1 is 1.19 bits per heavy atom. The van der Waals surface area contributed by atoms with Crippen molar-refractivity contribution < 1.29 is 9.94 Å². The lowest BCUT2D eigenvalue weighted by molar-refractivity contribution is 0.321. The first kappa shape index (κ1) is 10.8. The third-order valence-electron chi connectivity index (χ3n) is 2.41. The molecule has 2 aromatic rings. The van der Waals surface area contributed by atoms with Crippen molar-refractivity contribution in [1.82, 2.24) is 0 Å². The van der Waals surface area contributed by atoms with E-state index in [1.165, 1.54) is 0 Å². The van der Waals surface area contributed by atoms with Crippen molar-refractivity contribution in [3.8, 4) is 5.75 Å². The molecule has 0 fully saturated rings. The highest BCUT2D eigenvalue weighted by Crippen LogP contribution is 2.29. The Morgan fingerprint density at radius 2 is 1.88 bits per heavy atom. The summed E-state index contributed by atoms with van der Waals surface area (Å²) in [6.45, 7) is 0. The van der Waals surface area contributed by atoms with Crippen LogP contribution in [0.4, 0.5) is 0 Å². The lowest BCUT2D eigenvalue weighted by Gasteiger charge is -2.08. The Bertz CT molecular complexity index is 552. The highest BCUT2D eigenvalue weighted by atomic mass is 35.5. The zero-order valence-electron chi connectivity index (χ0n) is 8.64. The van der Waals surface area contributed by atoms with E-state index in [1.807, 2.05) is 24.3 Å². The third kappa shape index (κ3) is 1.70. The van der Waals surface area contributed by atoms with Gasteiger partial charge in [-0.1, -0.05) is 41.0 Å². The van der Waals surface area contributed by atoms with E-state index in [4.69, 9.17) is 21.5 Å². The van der Waals surface area contributed by atoms with Crippen molar-refractivity contribution in [2.24, 2.45) is 5.16 Å². The molecule has 4 heteroatoms. The minimum atomic E-state index is 0.0684. The van der Waals surface area contributed by atoms with Crippen LogP contribution in [0.2, 0.25) is 0 Å². The maximum Gasteiger partial charge on any atom is 0.175 e. The quantitative estimate of drug-likeness (QED) is 0.493. The fourth-order valence-electron chi connectivity index (χ4n) is 1.68. The van der Waals surface area contributed by atoms with Gasteiger partial charge in [0.2, 0.25) is 0 Å². The van der Waals surface area contributed by atoms with Gasteiger partial charge in [0.25, 0.3) is 0 Å². The predicted octanol–water partition coefficient (Wildman–Crippen LogP) is 3.22. The lowest BCUT2D eigenvalue weighted by Crippen LogP contribution is -1.94. The summed E-state index contributed by atoms with van der Waals surface area (Å²) >= 11 is 5.82. The van der Waals surface area contributed by atoms with Crippen molar-refractivity contribution in [1.29, 1.82) is 0 Å². The number of nitrogens with zero attached hydrogens (tertiary/aromatic N) is 1. The van der Waals surface area contributed by atoms with E-state index < -0.39 is 0 Å². The van der Waals surface area contributed by atoms with Crippen molar-refractivity contribution >= 4 is 27.5 Å². The summed E-state index contributed by atoms with van der Waals surface area (Å²) in [6.07, 6.45) is 0. The molecule has 0 aromatic heterocycles. The third-order valence-corrected chi connectivity index (χ3v) is 2.69. The molecule has 1 N–H and O–H groups in total. The first-order valence-electron chi connectivity index (χ1n) is 4.71. The fourth-order valence-corrected chi connectivity index (χ4v) is 1.85. The molecule has 0 saturated carbocycles. The lowest BCUT2D eigenvalue weighted by atomic mass is 10.0. The SMILES string of the molecule is COc1ccc(/C(Cl)=N/O)c2ccccc12. The van der Waals surface area contributed by atoms with Crippen LogP contribution in [0.3, 0.4) is 0 Å². The molecule has 0 saturated heterocycles. The number of rotatable bonds is 2. The number of benzene rings is 2. The van der Waals surface area contributed by atoms with Crippen LogP contribution in [-0.4, -0.2) is 17.5 Å². The Balaban J connectivity index is 2.79. The zero-order valence-corrected chi connectivity index (χ0v) is 9.40. The molecule has 3 nitrogen and oxygen atoms in total. The van der Waals surface area contributed by atoms with Crippen LogP contribution in [-0.2, 0) is 0 Å². The highest BCUT2D eigenvalue weighted by Gasteiger charge is 2.09. The smallest absolute Gasteiger partial charge is 0.175 e. The van der Waals surface area contributed by atoms with Gasteiger partial charge in [0, 0.05) is 10.9 Å². The van der Waals surface area contributed by atoms with E-state index in [-0.39, 0.29) is 5.17 Å². The van der Waals surface area contributed by atoms with Crippen molar-refractivity contribution in [2.45, 2.75) is 0 Å². The molecule has 2 rings (SSSR count). The van der Waals surface area contributed by atoms with Crippen molar-refractivity contribution in [3.63, 3.8) is 0 Å². The van der Waals surface area contributed by atoms with Crippen LogP contribution < -0.4 is 4.74 Å². The van der Waals surface area contributed by atoms with Gasteiger partial charge in [-0.3, -0.25) is 0 Å². The number of hydrogen-bond donors (Lipinski definition) is 1. The first-order valence-corrected chi connectivity index (χ1v) is 5.09. The van der Waals surface area contributed by atoms with Gasteiger partial charge in [0.05, 0.1) is 7.11 Å². The average molecular weight is 236 g/mol. The number of oxime groups is 1. The number of ether oxygens (including phenoxy) is 1. The second kappa shape index (κ2) is 4.41. The Morgan fingerprint density at radius 3 is 2.50 bits per heavy atom. The van der Waals surface area contributed by atoms with E-state index in [0.29, 0.717) is 5.56 Å². The summed E-state index contributed by atoms with van der Waals surface area (Å²) in [7, 11) is 1.61. The zero-order chi connectivity index (χ0) is 11.5. The Labute approximate surface area is 97.9 Å². The molecule has 0 atom stereocenters. The highest BCUT2D eigenvalue weighted by molar-refractivity contribution is 6.70. The van der Waals surface area contributed by atoms with Gasteiger partial charge in [-0.05, 0) is 17.5 Å². The van der Waals surface area contributed by atoms with Gasteiger partial charge in [0.1, 0.15) is 5.75 Å². The van der Waals surface area contributed by atoms with E-state index in [1.54, 1.807) is 19.2 Å². The molecular weight excluding hydrogens is 226 g/mol. The minimum absolute atomic E-state index is 0.0684. The summed E-state index contributed by atoms with van der Waals surface area (Å²) in [5.74, 6) is 0.766. The van der Waals surface area contributed by atoms with E-state index in [0.717, 1.165) is 16.5 Å². The van der Waals surface area contributed by atoms with Crippen molar-refractivity contribution in [3.05, 3.63) is 42.0 Å². The summed E-state index contributed by atoms with van der Waals surface area (Å²) in [6, 6.07) is 11.2. The number of hydrogen-bond acceptors (Lipinski definition) is 3. The Hall–Kier alpha value is -1.74. The van der Waals surface area contributed by atoms with Crippen LogP contribution in [0.5, 0.6) is 5.75 Å². The molecule has 0 spiro atoms. The van der Waals surface area contributed by atoms with Gasteiger partial charge in [-0.15, -0.1) is 0 Å². The average Bonchev–Trinajstić information content (AvgIpc) is 2.36. The molecule has 0 aliphatic carbocycles. The fraction of sp³-hybridized carbons (Fsp3) is 0.0833. The maximum absolute atomic E-state index is 8.70.